The second-order valence-electron chi connectivity index (χ2n) is 8.45. The van der Waals surface area contributed by atoms with Gasteiger partial charge in [0, 0.05) is 10.0 Å². The molecule has 1 aliphatic heterocycles. The third-order valence-corrected chi connectivity index (χ3v) is 7.80. The molecule has 1 aromatic heterocycles. The highest BCUT2D eigenvalue weighted by Gasteiger charge is 2.40. The van der Waals surface area contributed by atoms with Crippen molar-refractivity contribution >= 4 is 63.9 Å². The lowest BCUT2D eigenvalue weighted by atomic mass is 9.83. The van der Waals surface area contributed by atoms with Crippen molar-refractivity contribution in [2.45, 2.75) is 32.6 Å². The molecule has 1 atom stereocenters. The molecule has 0 bridgehead atoms. The molecule has 0 radical (unpaired) electrons. The fourth-order valence-corrected chi connectivity index (χ4v) is 5.79. The molecule has 0 amide bonds. The minimum absolute atomic E-state index is 0.0473. The van der Waals surface area contributed by atoms with Crippen molar-refractivity contribution in [3.05, 3.63) is 94.8 Å². The molecule has 0 saturated carbocycles. The number of hydrogen-bond acceptors (Lipinski definition) is 7. The van der Waals surface area contributed by atoms with Crippen molar-refractivity contribution in [1.82, 2.24) is 4.57 Å². The number of rotatable bonds is 8. The minimum atomic E-state index is -1.01. The van der Waals surface area contributed by atoms with Gasteiger partial charge in [0.2, 0.25) is 0 Å². The summed E-state index contributed by atoms with van der Waals surface area (Å²) in [5.41, 5.74) is 7.16. The number of thiazole rings is 1. The fourth-order valence-electron chi connectivity index (χ4n) is 4.19. The number of benzene rings is 2. The van der Waals surface area contributed by atoms with Gasteiger partial charge in [0.25, 0.3) is 5.56 Å². The van der Waals surface area contributed by atoms with Crippen LogP contribution in [0, 0.1) is 0 Å². The highest BCUT2D eigenvalue weighted by atomic mass is 35.5. The van der Waals surface area contributed by atoms with Crippen LogP contribution in [0.2, 0.25) is 10.0 Å². The van der Waals surface area contributed by atoms with Gasteiger partial charge >= 0.3 is 11.9 Å². The van der Waals surface area contributed by atoms with Crippen LogP contribution in [-0.2, 0) is 19.1 Å². The molecule has 4 rings (SSSR count). The van der Waals surface area contributed by atoms with Gasteiger partial charge in [-0.1, -0.05) is 72.9 Å². The van der Waals surface area contributed by atoms with Gasteiger partial charge in [0.1, 0.15) is 10.5 Å². The number of unbranched alkanes of at least 4 members (excludes halogenated alkanes) is 1. The molecule has 0 saturated heterocycles. The number of carbonyl (C=O) groups is 2. The normalized spacial score (nSPS) is 15.4. The Balaban J connectivity index is 2.09. The summed E-state index contributed by atoms with van der Waals surface area (Å²) in [6, 6.07) is 13.9. The van der Waals surface area contributed by atoms with Crippen molar-refractivity contribution in [2.24, 2.45) is 5.73 Å². The van der Waals surface area contributed by atoms with Crippen LogP contribution in [0.15, 0.2) is 58.9 Å². The van der Waals surface area contributed by atoms with E-state index in [2.05, 4.69) is 0 Å². The van der Waals surface area contributed by atoms with E-state index in [-0.39, 0.29) is 39.4 Å². The number of ether oxygens (including phenoxy) is 2. The van der Waals surface area contributed by atoms with Crippen LogP contribution in [0.4, 0.5) is 0 Å². The number of carbonyl (C=O) groups excluding carboxylic acids is 2. The molecule has 3 aromatic rings. The van der Waals surface area contributed by atoms with Gasteiger partial charge < -0.3 is 15.2 Å². The summed E-state index contributed by atoms with van der Waals surface area (Å²) >= 11 is 14.0. The summed E-state index contributed by atoms with van der Waals surface area (Å²) in [5, 5.41) is 0.775. The third kappa shape index (κ3) is 5.29. The van der Waals surface area contributed by atoms with E-state index in [4.69, 9.17) is 38.4 Å². The van der Waals surface area contributed by atoms with Crippen molar-refractivity contribution < 1.29 is 19.1 Å². The lowest BCUT2D eigenvalue weighted by molar-refractivity contribution is -0.139. The molecule has 10 heteroatoms. The highest BCUT2D eigenvalue weighted by Crippen LogP contribution is 2.40. The number of nitrogens with zero attached hydrogens (tertiary/aromatic N) is 1. The average Bonchev–Trinajstić information content (AvgIpc) is 3.21. The van der Waals surface area contributed by atoms with Gasteiger partial charge in [-0.05, 0) is 42.7 Å². The molecule has 1 unspecified atom stereocenters. The number of halogens is 2. The maximum absolute atomic E-state index is 13.6. The smallest absolute Gasteiger partial charge is 0.338 e. The quantitative estimate of drug-likeness (QED) is 0.323. The summed E-state index contributed by atoms with van der Waals surface area (Å²) in [7, 11) is 0. The first-order chi connectivity index (χ1) is 18.3. The van der Waals surface area contributed by atoms with Crippen LogP contribution < -0.4 is 20.5 Å². The Morgan fingerprint density at radius 2 is 1.66 bits per heavy atom. The molecular weight excluding hydrogens is 547 g/mol. The first-order valence-electron chi connectivity index (χ1n) is 12.1. The second-order valence-corrected chi connectivity index (χ2v) is 10.3. The zero-order valence-corrected chi connectivity index (χ0v) is 23.2. The van der Waals surface area contributed by atoms with Crippen LogP contribution in [-0.4, -0.2) is 29.7 Å². The molecule has 0 spiro atoms. The Hall–Kier alpha value is -3.33. The van der Waals surface area contributed by atoms with E-state index in [1.165, 1.54) is 4.57 Å². The van der Waals surface area contributed by atoms with Gasteiger partial charge in [-0.15, -0.1) is 11.3 Å². The van der Waals surface area contributed by atoms with E-state index in [1.807, 2.05) is 6.92 Å². The van der Waals surface area contributed by atoms with E-state index in [9.17, 15) is 14.4 Å². The van der Waals surface area contributed by atoms with E-state index in [1.54, 1.807) is 61.5 Å². The zero-order chi connectivity index (χ0) is 27.4. The van der Waals surface area contributed by atoms with Crippen molar-refractivity contribution in [3.63, 3.8) is 0 Å². The predicted molar refractivity (Wildman–Crippen MR) is 150 cm³/mol. The lowest BCUT2D eigenvalue weighted by Gasteiger charge is -2.27. The van der Waals surface area contributed by atoms with E-state index in [0.717, 1.165) is 17.8 Å². The van der Waals surface area contributed by atoms with Crippen LogP contribution in [0.3, 0.4) is 0 Å². The Morgan fingerprint density at radius 1 is 1.00 bits per heavy atom. The summed E-state index contributed by atoms with van der Waals surface area (Å²) in [6.45, 7) is 3.89. The molecular formula is C28H26Cl2N2O5S. The standard InChI is InChI=1S/C28H26Cl2N2O5S/c1-3-5-14-37-27(34)22-21(17-11-7-9-13-19(17)30)23(28(35)36-4-2)26-32(24(22)31)25(33)20(38-26)15-16-10-6-8-12-18(16)29/h6-13,15,21H,3-5,14,31H2,1-2H3. The molecule has 198 valence electrons. The Morgan fingerprint density at radius 3 is 2.32 bits per heavy atom. The van der Waals surface area contributed by atoms with Crippen molar-refractivity contribution in [2.75, 3.05) is 13.2 Å². The molecule has 1 aliphatic rings. The van der Waals surface area contributed by atoms with Crippen LogP contribution in [0.5, 0.6) is 0 Å². The molecule has 2 N–H and O–H groups in total. The number of esters is 2. The molecule has 2 aromatic carbocycles. The topological polar surface area (TPSA) is 101 Å². The Labute approximate surface area is 233 Å². The highest BCUT2D eigenvalue weighted by molar-refractivity contribution is 7.07. The Kier molecular flexibility index (Phi) is 8.76. The molecule has 0 fully saturated rings. The summed E-state index contributed by atoms with van der Waals surface area (Å²) in [5.74, 6) is -2.56. The van der Waals surface area contributed by atoms with Gasteiger partial charge in [-0.2, -0.15) is 0 Å². The number of fused-ring (bicyclic) bond motifs is 1. The molecule has 7 nitrogen and oxygen atoms in total. The fraction of sp³-hybridized carbons (Fsp3) is 0.250. The summed E-state index contributed by atoms with van der Waals surface area (Å²) < 4.78 is 12.6. The third-order valence-electron chi connectivity index (χ3n) is 6.00. The number of nitrogens with two attached hydrogens (primary N) is 1. The van der Waals surface area contributed by atoms with Gasteiger partial charge in [-0.3, -0.25) is 9.36 Å². The summed E-state index contributed by atoms with van der Waals surface area (Å²) in [6.07, 6.45) is 3.08. The zero-order valence-electron chi connectivity index (χ0n) is 20.8. The predicted octanol–water partition coefficient (Wildman–Crippen LogP) is 4.03. The number of hydrogen-bond donors (Lipinski definition) is 1. The lowest BCUT2D eigenvalue weighted by Crippen LogP contribution is -2.42. The van der Waals surface area contributed by atoms with E-state index in [0.29, 0.717) is 27.6 Å². The van der Waals surface area contributed by atoms with Crippen molar-refractivity contribution in [3.8, 4) is 0 Å². The van der Waals surface area contributed by atoms with Gasteiger partial charge in [0.05, 0.1) is 34.8 Å². The maximum Gasteiger partial charge on any atom is 0.338 e. The van der Waals surface area contributed by atoms with Gasteiger partial charge in [0.15, 0.2) is 0 Å². The number of aromatic nitrogens is 1. The minimum Gasteiger partial charge on any atom is -0.463 e. The van der Waals surface area contributed by atoms with Gasteiger partial charge in [-0.25, -0.2) is 9.59 Å². The second kappa shape index (κ2) is 12.0. The Bertz CT molecular complexity index is 1610. The first-order valence-corrected chi connectivity index (χ1v) is 13.7. The van der Waals surface area contributed by atoms with E-state index < -0.39 is 23.4 Å². The molecule has 0 aliphatic carbocycles. The maximum atomic E-state index is 13.6. The first kappa shape index (κ1) is 27.7. The van der Waals surface area contributed by atoms with E-state index >= 15 is 0 Å². The monoisotopic (exact) mass is 572 g/mol. The molecule has 2 heterocycles. The van der Waals surface area contributed by atoms with Crippen LogP contribution in [0.25, 0.3) is 17.5 Å². The average molecular weight is 573 g/mol. The van der Waals surface area contributed by atoms with Crippen molar-refractivity contribution in [1.29, 1.82) is 0 Å². The van der Waals surface area contributed by atoms with Crippen LogP contribution in [0.1, 0.15) is 43.7 Å². The largest absolute Gasteiger partial charge is 0.463 e. The van der Waals surface area contributed by atoms with Crippen LogP contribution >= 0.6 is 34.5 Å². The SMILES string of the molecule is CCCCOC(=O)C1=C(N)n2c(sc(=Cc3ccccc3Cl)c2=O)=C(C(=O)OCC)C1c1ccccc1Cl. The molecule has 38 heavy (non-hydrogen) atoms. The summed E-state index contributed by atoms with van der Waals surface area (Å²) in [4.78, 5) is 40.6.